The van der Waals surface area contributed by atoms with Gasteiger partial charge in [-0.1, -0.05) is 30.2 Å². The van der Waals surface area contributed by atoms with Gasteiger partial charge in [0.05, 0.1) is 6.54 Å². The van der Waals surface area contributed by atoms with Crippen LogP contribution in [0.4, 0.5) is 0 Å². The van der Waals surface area contributed by atoms with Crippen LogP contribution in [0, 0.1) is 12.3 Å². The quantitative estimate of drug-likeness (QED) is 0.570. The Balaban J connectivity index is 2.34. The summed E-state index contributed by atoms with van der Waals surface area (Å²) in [5.74, 6) is 2.54. The molecule has 1 aromatic carbocycles. The third kappa shape index (κ3) is 1.48. The van der Waals surface area contributed by atoms with Gasteiger partial charge in [0, 0.05) is 5.71 Å². The lowest BCUT2D eigenvalue weighted by Gasteiger charge is -1.97. The second-order valence-electron chi connectivity index (χ2n) is 3.12. The standard InChI is InChI=1S/C12H11N/c1-2-9-13-12-8-7-10-5-3-4-6-11(10)12/h1,3-6H,7-9H2/b13-12-. The average molecular weight is 169 g/mol. The van der Waals surface area contributed by atoms with Gasteiger partial charge in [-0.05, 0) is 24.0 Å². The molecular formula is C12H11N. The van der Waals surface area contributed by atoms with Crippen molar-refractivity contribution in [3.05, 3.63) is 35.4 Å². The minimum Gasteiger partial charge on any atom is -0.276 e. The molecule has 0 atom stereocenters. The van der Waals surface area contributed by atoms with E-state index in [2.05, 4.69) is 35.2 Å². The monoisotopic (exact) mass is 169 g/mol. The van der Waals surface area contributed by atoms with E-state index in [1.807, 2.05) is 0 Å². The minimum atomic E-state index is 0.504. The van der Waals surface area contributed by atoms with E-state index in [-0.39, 0.29) is 0 Å². The first-order valence-electron chi connectivity index (χ1n) is 4.47. The smallest absolute Gasteiger partial charge is 0.0998 e. The summed E-state index contributed by atoms with van der Waals surface area (Å²) in [4.78, 5) is 4.36. The average Bonchev–Trinajstić information content (AvgIpc) is 2.58. The number of benzene rings is 1. The van der Waals surface area contributed by atoms with Crippen molar-refractivity contribution in [1.29, 1.82) is 0 Å². The normalized spacial score (nSPS) is 17.0. The Hall–Kier alpha value is -1.55. The molecule has 0 N–H and O–H groups in total. The van der Waals surface area contributed by atoms with Gasteiger partial charge >= 0.3 is 0 Å². The molecule has 0 bridgehead atoms. The summed E-state index contributed by atoms with van der Waals surface area (Å²) in [5, 5.41) is 0. The molecule has 0 heterocycles. The van der Waals surface area contributed by atoms with Crippen LogP contribution in [-0.4, -0.2) is 12.3 Å². The highest BCUT2D eigenvalue weighted by atomic mass is 14.7. The fourth-order valence-corrected chi connectivity index (χ4v) is 1.71. The molecule has 0 radical (unpaired) electrons. The number of hydrogen-bond acceptors (Lipinski definition) is 1. The Morgan fingerprint density at radius 2 is 2.15 bits per heavy atom. The number of nitrogens with zero attached hydrogens (tertiary/aromatic N) is 1. The van der Waals surface area contributed by atoms with Crippen LogP contribution in [0.2, 0.25) is 0 Å². The molecule has 13 heavy (non-hydrogen) atoms. The Morgan fingerprint density at radius 1 is 1.31 bits per heavy atom. The van der Waals surface area contributed by atoms with Crippen LogP contribution in [-0.2, 0) is 6.42 Å². The number of aliphatic imine (C=N–C) groups is 1. The molecule has 0 spiro atoms. The van der Waals surface area contributed by atoms with E-state index >= 15 is 0 Å². The van der Waals surface area contributed by atoms with Crippen LogP contribution in [0.15, 0.2) is 29.3 Å². The van der Waals surface area contributed by atoms with Crippen molar-refractivity contribution in [2.24, 2.45) is 4.99 Å². The van der Waals surface area contributed by atoms with Gasteiger partial charge in [0.15, 0.2) is 0 Å². The van der Waals surface area contributed by atoms with Crippen molar-refractivity contribution in [3.63, 3.8) is 0 Å². The maximum atomic E-state index is 5.17. The van der Waals surface area contributed by atoms with E-state index in [0.717, 1.165) is 12.8 Å². The van der Waals surface area contributed by atoms with Gasteiger partial charge in [-0.2, -0.15) is 0 Å². The van der Waals surface area contributed by atoms with Crippen molar-refractivity contribution in [1.82, 2.24) is 0 Å². The van der Waals surface area contributed by atoms with Crippen LogP contribution in [0.1, 0.15) is 17.5 Å². The molecule has 0 amide bonds. The molecule has 0 unspecified atom stereocenters. The lowest BCUT2D eigenvalue weighted by Crippen LogP contribution is -1.94. The molecule has 2 rings (SSSR count). The zero-order chi connectivity index (χ0) is 9.10. The van der Waals surface area contributed by atoms with Gasteiger partial charge in [0.2, 0.25) is 0 Å². The molecular weight excluding hydrogens is 158 g/mol. The lowest BCUT2D eigenvalue weighted by atomic mass is 10.1. The van der Waals surface area contributed by atoms with Gasteiger partial charge in [-0.25, -0.2) is 0 Å². The first kappa shape index (κ1) is 8.07. The van der Waals surface area contributed by atoms with Crippen LogP contribution < -0.4 is 0 Å². The van der Waals surface area contributed by atoms with Gasteiger partial charge < -0.3 is 0 Å². The minimum absolute atomic E-state index is 0.504. The molecule has 1 heteroatoms. The summed E-state index contributed by atoms with van der Waals surface area (Å²) in [7, 11) is 0. The highest BCUT2D eigenvalue weighted by molar-refractivity contribution is 6.04. The number of hydrogen-bond donors (Lipinski definition) is 0. The largest absolute Gasteiger partial charge is 0.276 e. The Morgan fingerprint density at radius 3 is 3.00 bits per heavy atom. The molecule has 0 aliphatic heterocycles. The molecule has 1 aliphatic carbocycles. The van der Waals surface area contributed by atoms with Crippen molar-refractivity contribution in [3.8, 4) is 12.3 Å². The van der Waals surface area contributed by atoms with E-state index in [4.69, 9.17) is 6.42 Å². The second-order valence-corrected chi connectivity index (χ2v) is 3.12. The van der Waals surface area contributed by atoms with Crippen molar-refractivity contribution in [2.75, 3.05) is 6.54 Å². The molecule has 0 saturated heterocycles. The summed E-state index contributed by atoms with van der Waals surface area (Å²) in [6.45, 7) is 0.504. The predicted molar refractivity (Wildman–Crippen MR) is 55.0 cm³/mol. The summed E-state index contributed by atoms with van der Waals surface area (Å²) >= 11 is 0. The fourth-order valence-electron chi connectivity index (χ4n) is 1.71. The highest BCUT2D eigenvalue weighted by Gasteiger charge is 2.15. The molecule has 64 valence electrons. The maximum Gasteiger partial charge on any atom is 0.0998 e. The van der Waals surface area contributed by atoms with Gasteiger partial charge in [0.1, 0.15) is 0 Å². The van der Waals surface area contributed by atoms with E-state index in [9.17, 15) is 0 Å². The number of aryl methyl sites for hydroxylation is 1. The Bertz CT molecular complexity index is 382. The van der Waals surface area contributed by atoms with E-state index in [0.29, 0.717) is 6.54 Å². The summed E-state index contributed by atoms with van der Waals surface area (Å²) in [6, 6.07) is 8.41. The van der Waals surface area contributed by atoms with Crippen LogP contribution in [0.25, 0.3) is 0 Å². The van der Waals surface area contributed by atoms with Crippen LogP contribution in [0.3, 0.4) is 0 Å². The van der Waals surface area contributed by atoms with Crippen molar-refractivity contribution in [2.45, 2.75) is 12.8 Å². The third-order valence-corrected chi connectivity index (χ3v) is 2.32. The maximum absolute atomic E-state index is 5.17. The molecule has 0 aromatic heterocycles. The fraction of sp³-hybridized carbons (Fsp3) is 0.250. The topological polar surface area (TPSA) is 12.4 Å². The van der Waals surface area contributed by atoms with Crippen molar-refractivity contribution >= 4 is 5.71 Å². The molecule has 0 fully saturated rings. The van der Waals surface area contributed by atoms with Crippen molar-refractivity contribution < 1.29 is 0 Å². The van der Waals surface area contributed by atoms with E-state index in [1.54, 1.807) is 0 Å². The SMILES string of the molecule is C#CC/N=C1/CCc2ccccc21. The Labute approximate surface area is 78.5 Å². The van der Waals surface area contributed by atoms with Gasteiger partial charge in [-0.3, -0.25) is 4.99 Å². The van der Waals surface area contributed by atoms with Gasteiger partial charge in [-0.15, -0.1) is 6.42 Å². The lowest BCUT2D eigenvalue weighted by molar-refractivity contribution is 1.08. The Kier molecular flexibility index (Phi) is 2.14. The second kappa shape index (κ2) is 3.45. The number of rotatable bonds is 1. The zero-order valence-corrected chi connectivity index (χ0v) is 7.46. The first-order chi connectivity index (χ1) is 6.42. The zero-order valence-electron chi connectivity index (χ0n) is 7.46. The summed E-state index contributed by atoms with van der Waals surface area (Å²) in [5.41, 5.74) is 3.87. The van der Waals surface area contributed by atoms with Crippen LogP contribution in [0.5, 0.6) is 0 Å². The highest BCUT2D eigenvalue weighted by Crippen LogP contribution is 2.21. The van der Waals surface area contributed by atoms with Crippen LogP contribution >= 0.6 is 0 Å². The predicted octanol–water partition coefficient (Wildman–Crippen LogP) is 2.06. The summed E-state index contributed by atoms with van der Waals surface area (Å²) < 4.78 is 0. The third-order valence-electron chi connectivity index (χ3n) is 2.32. The number of terminal acetylenes is 1. The first-order valence-corrected chi connectivity index (χ1v) is 4.47. The molecule has 1 aliphatic rings. The molecule has 1 nitrogen and oxygen atoms in total. The molecule has 0 saturated carbocycles. The van der Waals surface area contributed by atoms with E-state index < -0.39 is 0 Å². The summed E-state index contributed by atoms with van der Waals surface area (Å²) in [6.07, 6.45) is 7.32. The van der Waals surface area contributed by atoms with Gasteiger partial charge in [0.25, 0.3) is 0 Å². The number of fused-ring (bicyclic) bond motifs is 1. The molecule has 1 aromatic rings. The van der Waals surface area contributed by atoms with E-state index in [1.165, 1.54) is 16.8 Å².